The highest BCUT2D eigenvalue weighted by Gasteiger charge is 2.14. The minimum absolute atomic E-state index is 0.159. The zero-order valence-corrected chi connectivity index (χ0v) is 15.7. The maximum atomic E-state index is 12.9. The molecule has 28 heavy (non-hydrogen) atoms. The first-order chi connectivity index (χ1) is 13.6. The summed E-state index contributed by atoms with van der Waals surface area (Å²) in [5, 5.41) is 15.1. The lowest BCUT2D eigenvalue weighted by molar-refractivity contribution is 0.155. The maximum absolute atomic E-state index is 12.9. The van der Waals surface area contributed by atoms with E-state index in [0.717, 1.165) is 28.1 Å². The molecule has 4 aromatic rings. The number of ether oxygens (including phenoxy) is 1. The second-order valence-electron chi connectivity index (χ2n) is 6.72. The van der Waals surface area contributed by atoms with Gasteiger partial charge in [0, 0.05) is 18.0 Å². The summed E-state index contributed by atoms with van der Waals surface area (Å²) in [5.74, 6) is 0.720. The molecule has 2 aromatic heterocycles. The smallest absolute Gasteiger partial charge is 0.276 e. The quantitative estimate of drug-likeness (QED) is 0.582. The van der Waals surface area contributed by atoms with Crippen LogP contribution in [-0.2, 0) is 6.54 Å². The third-order valence-electron chi connectivity index (χ3n) is 4.89. The zero-order chi connectivity index (χ0) is 19.7. The largest absolute Gasteiger partial charge is 0.497 e. The molecule has 0 saturated carbocycles. The predicted octanol–water partition coefficient (Wildman–Crippen LogP) is 3.21. The lowest BCUT2D eigenvalue weighted by atomic mass is 10.1. The van der Waals surface area contributed by atoms with Gasteiger partial charge in [0.2, 0.25) is 0 Å². The second kappa shape index (κ2) is 7.32. The fourth-order valence-corrected chi connectivity index (χ4v) is 3.28. The van der Waals surface area contributed by atoms with Crippen molar-refractivity contribution in [2.75, 3.05) is 7.11 Å². The Bertz CT molecular complexity index is 1180. The van der Waals surface area contributed by atoms with Crippen LogP contribution < -0.4 is 10.3 Å². The number of methoxy groups -OCH3 is 1. The number of benzene rings is 2. The fraction of sp³-hybridized carbons (Fsp3) is 0.182. The Balaban J connectivity index is 1.66. The normalized spacial score (nSPS) is 12.2. The van der Waals surface area contributed by atoms with Crippen LogP contribution in [0, 0.1) is 6.92 Å². The molecule has 2 aromatic carbocycles. The first-order valence-electron chi connectivity index (χ1n) is 9.03. The molecular formula is C22H21N3O3. The summed E-state index contributed by atoms with van der Waals surface area (Å²) in [6.45, 7) is 2.18. The van der Waals surface area contributed by atoms with Crippen LogP contribution in [0.15, 0.2) is 71.8 Å². The van der Waals surface area contributed by atoms with E-state index >= 15 is 0 Å². The molecule has 0 aliphatic rings. The highest BCUT2D eigenvalue weighted by atomic mass is 16.5. The molecule has 0 spiro atoms. The number of nitrogens with zero attached hydrogens (tertiary/aromatic N) is 3. The molecule has 0 aliphatic carbocycles. The molecule has 142 valence electrons. The van der Waals surface area contributed by atoms with Gasteiger partial charge in [0.25, 0.3) is 5.56 Å². The van der Waals surface area contributed by atoms with Gasteiger partial charge < -0.3 is 14.4 Å². The van der Waals surface area contributed by atoms with Crippen LogP contribution in [0.3, 0.4) is 0 Å². The van der Waals surface area contributed by atoms with Gasteiger partial charge in [-0.3, -0.25) is 4.79 Å². The van der Waals surface area contributed by atoms with Crippen LogP contribution in [0.5, 0.6) is 5.75 Å². The van der Waals surface area contributed by atoms with Gasteiger partial charge in [-0.1, -0.05) is 36.4 Å². The molecule has 0 amide bonds. The summed E-state index contributed by atoms with van der Waals surface area (Å²) >= 11 is 0. The molecule has 6 nitrogen and oxygen atoms in total. The number of fused-ring (bicyclic) bond motifs is 1. The van der Waals surface area contributed by atoms with E-state index in [-0.39, 0.29) is 12.1 Å². The minimum Gasteiger partial charge on any atom is -0.497 e. The van der Waals surface area contributed by atoms with Crippen molar-refractivity contribution >= 4 is 5.52 Å². The lowest BCUT2D eigenvalue weighted by Crippen LogP contribution is -2.24. The molecule has 0 unspecified atom stereocenters. The number of hydrogen-bond donors (Lipinski definition) is 1. The van der Waals surface area contributed by atoms with E-state index in [4.69, 9.17) is 4.74 Å². The van der Waals surface area contributed by atoms with Crippen molar-refractivity contribution in [3.63, 3.8) is 0 Å². The van der Waals surface area contributed by atoms with Gasteiger partial charge in [-0.25, -0.2) is 4.52 Å². The maximum Gasteiger partial charge on any atom is 0.276 e. The van der Waals surface area contributed by atoms with Gasteiger partial charge in [-0.2, -0.15) is 5.10 Å². The van der Waals surface area contributed by atoms with E-state index in [1.807, 2.05) is 31.2 Å². The summed E-state index contributed by atoms with van der Waals surface area (Å²) in [6, 6.07) is 16.9. The zero-order valence-electron chi connectivity index (χ0n) is 15.7. The van der Waals surface area contributed by atoms with Crippen LogP contribution in [0.25, 0.3) is 16.8 Å². The van der Waals surface area contributed by atoms with Crippen LogP contribution in [0.4, 0.5) is 0 Å². The number of aryl methyl sites for hydroxylation is 1. The van der Waals surface area contributed by atoms with Crippen LogP contribution in [-0.4, -0.2) is 26.4 Å². The molecule has 4 rings (SSSR count). The van der Waals surface area contributed by atoms with Gasteiger partial charge in [0.15, 0.2) is 0 Å². The summed E-state index contributed by atoms with van der Waals surface area (Å²) < 4.78 is 8.23. The average molecular weight is 375 g/mol. The Morgan fingerprint density at radius 2 is 1.86 bits per heavy atom. The van der Waals surface area contributed by atoms with Crippen molar-refractivity contribution in [1.29, 1.82) is 0 Å². The first kappa shape index (κ1) is 18.0. The summed E-state index contributed by atoms with van der Waals surface area (Å²) in [5.41, 5.74) is 3.85. The van der Waals surface area contributed by atoms with Crippen LogP contribution in [0.2, 0.25) is 0 Å². The van der Waals surface area contributed by atoms with Crippen molar-refractivity contribution in [1.82, 2.24) is 14.2 Å². The number of hydrogen-bond acceptors (Lipinski definition) is 4. The van der Waals surface area contributed by atoms with Gasteiger partial charge in [0.1, 0.15) is 11.3 Å². The predicted molar refractivity (Wildman–Crippen MR) is 108 cm³/mol. The summed E-state index contributed by atoms with van der Waals surface area (Å²) in [4.78, 5) is 12.9. The molecule has 0 fully saturated rings. The number of aliphatic hydroxyl groups is 1. The van der Waals surface area contributed by atoms with Gasteiger partial charge >= 0.3 is 0 Å². The third-order valence-corrected chi connectivity index (χ3v) is 4.89. The van der Waals surface area contributed by atoms with Crippen molar-refractivity contribution in [2.24, 2.45) is 0 Å². The number of aromatic nitrogens is 3. The Hall–Kier alpha value is -3.38. The van der Waals surface area contributed by atoms with E-state index in [2.05, 4.69) is 5.10 Å². The molecule has 0 bridgehead atoms. The Morgan fingerprint density at radius 3 is 2.57 bits per heavy atom. The van der Waals surface area contributed by atoms with Crippen LogP contribution >= 0.6 is 0 Å². The van der Waals surface area contributed by atoms with Crippen molar-refractivity contribution in [2.45, 2.75) is 19.6 Å². The molecule has 1 N–H and O–H groups in total. The highest BCUT2D eigenvalue weighted by Crippen LogP contribution is 2.22. The number of aliphatic hydroxyl groups excluding tert-OH is 1. The highest BCUT2D eigenvalue weighted by molar-refractivity contribution is 5.68. The van der Waals surface area contributed by atoms with Gasteiger partial charge in [-0.15, -0.1) is 0 Å². The average Bonchev–Trinajstić information content (AvgIpc) is 3.15. The van der Waals surface area contributed by atoms with Crippen molar-refractivity contribution < 1.29 is 9.84 Å². The monoisotopic (exact) mass is 375 g/mol. The van der Waals surface area contributed by atoms with Gasteiger partial charge in [0.05, 0.1) is 25.5 Å². The van der Waals surface area contributed by atoms with E-state index in [9.17, 15) is 9.90 Å². The summed E-state index contributed by atoms with van der Waals surface area (Å²) in [6.07, 6.45) is 2.58. The molecular weight excluding hydrogens is 354 g/mol. The Morgan fingerprint density at radius 1 is 1.11 bits per heavy atom. The van der Waals surface area contributed by atoms with E-state index < -0.39 is 6.10 Å². The fourth-order valence-electron chi connectivity index (χ4n) is 3.28. The SMILES string of the molecule is COc1ccc([C@H](O)Cn2ccn3nc(-c4ccccc4C)cc3c2=O)cc1. The second-order valence-corrected chi connectivity index (χ2v) is 6.72. The lowest BCUT2D eigenvalue weighted by Gasteiger charge is -2.13. The van der Waals surface area contributed by atoms with Gasteiger partial charge in [-0.05, 0) is 36.2 Å². The Kier molecular flexibility index (Phi) is 4.71. The minimum atomic E-state index is -0.801. The molecule has 1 atom stereocenters. The van der Waals surface area contributed by atoms with Crippen molar-refractivity contribution in [3.05, 3.63) is 88.5 Å². The number of rotatable bonds is 5. The molecule has 2 heterocycles. The van der Waals surface area contributed by atoms with E-state index in [1.54, 1.807) is 54.4 Å². The molecule has 0 saturated heterocycles. The van der Waals surface area contributed by atoms with Crippen LogP contribution in [0.1, 0.15) is 17.2 Å². The molecule has 0 aliphatic heterocycles. The molecule has 0 radical (unpaired) electrons. The third kappa shape index (κ3) is 3.30. The van der Waals surface area contributed by atoms with E-state index in [0.29, 0.717) is 5.52 Å². The standard InChI is InChI=1S/C22H21N3O3/c1-15-5-3-4-6-18(15)19-13-20-22(27)24(11-12-25(20)23-19)14-21(26)16-7-9-17(28-2)10-8-16/h3-13,21,26H,14H2,1-2H3/t21-/m1/s1. The van der Waals surface area contributed by atoms with Crippen molar-refractivity contribution in [3.8, 4) is 17.0 Å². The van der Waals surface area contributed by atoms with E-state index in [1.165, 1.54) is 4.57 Å². The topological polar surface area (TPSA) is 68.8 Å². The first-order valence-corrected chi connectivity index (χ1v) is 9.03. The summed E-state index contributed by atoms with van der Waals surface area (Å²) in [7, 11) is 1.59. The Labute approximate surface area is 162 Å². The molecule has 6 heteroatoms.